The SMILES string of the molecule is C=CCNCC(C)Oc1cccc(N(C)C)c1. The normalized spacial score (nSPS) is 11.9. The zero-order valence-corrected chi connectivity index (χ0v) is 10.9. The maximum absolute atomic E-state index is 5.83. The summed E-state index contributed by atoms with van der Waals surface area (Å²) in [5.41, 5.74) is 1.15. The van der Waals surface area contributed by atoms with E-state index in [0.717, 1.165) is 24.5 Å². The maximum Gasteiger partial charge on any atom is 0.121 e. The van der Waals surface area contributed by atoms with Crippen LogP contribution >= 0.6 is 0 Å². The number of hydrogen-bond donors (Lipinski definition) is 1. The number of ether oxygens (including phenoxy) is 1. The first-order chi connectivity index (χ1) is 8.13. The van der Waals surface area contributed by atoms with Crippen LogP contribution in [-0.2, 0) is 0 Å². The van der Waals surface area contributed by atoms with E-state index < -0.39 is 0 Å². The molecule has 0 saturated carbocycles. The van der Waals surface area contributed by atoms with Gasteiger partial charge in [0.05, 0.1) is 0 Å². The summed E-state index contributed by atoms with van der Waals surface area (Å²) in [6, 6.07) is 8.10. The molecule has 17 heavy (non-hydrogen) atoms. The number of hydrogen-bond acceptors (Lipinski definition) is 3. The molecule has 0 aliphatic heterocycles. The molecule has 0 bridgehead atoms. The molecule has 94 valence electrons. The van der Waals surface area contributed by atoms with E-state index in [9.17, 15) is 0 Å². The molecule has 1 aromatic carbocycles. The summed E-state index contributed by atoms with van der Waals surface area (Å²) in [5, 5.41) is 3.24. The Morgan fingerprint density at radius 2 is 2.24 bits per heavy atom. The fraction of sp³-hybridized carbons (Fsp3) is 0.429. The van der Waals surface area contributed by atoms with Gasteiger partial charge in [0.1, 0.15) is 11.9 Å². The molecule has 1 unspecified atom stereocenters. The van der Waals surface area contributed by atoms with Gasteiger partial charge in [0, 0.05) is 38.9 Å². The summed E-state index contributed by atoms with van der Waals surface area (Å²) in [6.07, 6.45) is 1.99. The molecule has 0 aliphatic rings. The number of nitrogens with zero attached hydrogens (tertiary/aromatic N) is 1. The van der Waals surface area contributed by atoms with Crippen LogP contribution in [0.4, 0.5) is 5.69 Å². The average molecular weight is 234 g/mol. The van der Waals surface area contributed by atoms with Gasteiger partial charge in [-0.2, -0.15) is 0 Å². The Hall–Kier alpha value is -1.48. The molecule has 0 aliphatic carbocycles. The molecular formula is C14H22N2O. The lowest BCUT2D eigenvalue weighted by molar-refractivity contribution is 0.219. The lowest BCUT2D eigenvalue weighted by Gasteiger charge is -2.17. The smallest absolute Gasteiger partial charge is 0.121 e. The molecule has 0 saturated heterocycles. The third kappa shape index (κ3) is 4.91. The van der Waals surface area contributed by atoms with Crippen LogP contribution in [-0.4, -0.2) is 33.3 Å². The number of benzene rings is 1. The van der Waals surface area contributed by atoms with Crippen LogP contribution in [0.5, 0.6) is 5.75 Å². The molecule has 3 nitrogen and oxygen atoms in total. The molecule has 3 heteroatoms. The third-order valence-corrected chi connectivity index (χ3v) is 2.39. The molecule has 0 spiro atoms. The van der Waals surface area contributed by atoms with Crippen LogP contribution in [0.1, 0.15) is 6.92 Å². The van der Waals surface area contributed by atoms with Gasteiger partial charge >= 0.3 is 0 Å². The zero-order chi connectivity index (χ0) is 12.7. The Bertz CT molecular complexity index is 350. The molecular weight excluding hydrogens is 212 g/mol. The molecule has 1 N–H and O–H groups in total. The van der Waals surface area contributed by atoms with Crippen molar-refractivity contribution in [2.24, 2.45) is 0 Å². The van der Waals surface area contributed by atoms with Gasteiger partial charge in [-0.05, 0) is 19.1 Å². The Labute approximate surface area is 104 Å². The van der Waals surface area contributed by atoms with Crippen molar-refractivity contribution in [2.75, 3.05) is 32.1 Å². The average Bonchev–Trinajstić information content (AvgIpc) is 2.29. The van der Waals surface area contributed by atoms with Crippen molar-refractivity contribution >= 4 is 5.69 Å². The predicted molar refractivity (Wildman–Crippen MR) is 73.9 cm³/mol. The fourth-order valence-electron chi connectivity index (χ4n) is 1.50. The Balaban J connectivity index is 2.49. The monoisotopic (exact) mass is 234 g/mol. The summed E-state index contributed by atoms with van der Waals surface area (Å²) >= 11 is 0. The van der Waals surface area contributed by atoms with E-state index in [4.69, 9.17) is 4.74 Å². The topological polar surface area (TPSA) is 24.5 Å². The van der Waals surface area contributed by atoms with Crippen molar-refractivity contribution in [1.82, 2.24) is 5.32 Å². The third-order valence-electron chi connectivity index (χ3n) is 2.39. The van der Waals surface area contributed by atoms with E-state index in [1.807, 2.05) is 38.4 Å². The van der Waals surface area contributed by atoms with Crippen molar-refractivity contribution < 1.29 is 4.74 Å². The largest absolute Gasteiger partial charge is 0.489 e. The number of anilines is 1. The summed E-state index contributed by atoms with van der Waals surface area (Å²) in [7, 11) is 4.04. The van der Waals surface area contributed by atoms with Crippen molar-refractivity contribution in [1.29, 1.82) is 0 Å². The van der Waals surface area contributed by atoms with E-state index >= 15 is 0 Å². The van der Waals surface area contributed by atoms with Crippen molar-refractivity contribution in [3.05, 3.63) is 36.9 Å². The molecule has 0 radical (unpaired) electrons. The lowest BCUT2D eigenvalue weighted by atomic mass is 10.3. The van der Waals surface area contributed by atoms with E-state index in [1.165, 1.54) is 0 Å². The van der Waals surface area contributed by atoms with Crippen molar-refractivity contribution in [2.45, 2.75) is 13.0 Å². The highest BCUT2D eigenvalue weighted by Crippen LogP contribution is 2.20. The van der Waals surface area contributed by atoms with Crippen LogP contribution in [0.3, 0.4) is 0 Å². The van der Waals surface area contributed by atoms with Gasteiger partial charge in [-0.15, -0.1) is 6.58 Å². The summed E-state index contributed by atoms with van der Waals surface area (Å²) in [4.78, 5) is 2.06. The van der Waals surface area contributed by atoms with Gasteiger partial charge in [0.15, 0.2) is 0 Å². The highest BCUT2D eigenvalue weighted by atomic mass is 16.5. The first-order valence-electron chi connectivity index (χ1n) is 5.89. The standard InChI is InChI=1S/C14H22N2O/c1-5-9-15-11-12(2)17-14-8-6-7-13(10-14)16(3)4/h5-8,10,12,15H,1,9,11H2,2-4H3. The predicted octanol–water partition coefficient (Wildman–Crippen LogP) is 2.30. The van der Waals surface area contributed by atoms with E-state index in [0.29, 0.717) is 0 Å². The van der Waals surface area contributed by atoms with Crippen LogP contribution < -0.4 is 15.0 Å². The minimum atomic E-state index is 0.146. The quantitative estimate of drug-likeness (QED) is 0.579. The Kier molecular flexibility index (Phi) is 5.57. The number of nitrogens with one attached hydrogen (secondary N) is 1. The lowest BCUT2D eigenvalue weighted by Crippen LogP contribution is -2.28. The van der Waals surface area contributed by atoms with Crippen LogP contribution in [0.15, 0.2) is 36.9 Å². The minimum absolute atomic E-state index is 0.146. The molecule has 0 amide bonds. The maximum atomic E-state index is 5.83. The summed E-state index contributed by atoms with van der Waals surface area (Å²) in [6.45, 7) is 7.35. The van der Waals surface area contributed by atoms with Gasteiger partial charge in [0.2, 0.25) is 0 Å². The van der Waals surface area contributed by atoms with E-state index in [2.05, 4.69) is 29.8 Å². The molecule has 1 aromatic rings. The molecule has 1 rings (SSSR count). The molecule has 0 aromatic heterocycles. The highest BCUT2D eigenvalue weighted by Gasteiger charge is 2.04. The van der Waals surface area contributed by atoms with Crippen molar-refractivity contribution in [3.8, 4) is 5.75 Å². The fourth-order valence-corrected chi connectivity index (χ4v) is 1.50. The second kappa shape index (κ2) is 6.97. The van der Waals surface area contributed by atoms with Crippen molar-refractivity contribution in [3.63, 3.8) is 0 Å². The van der Waals surface area contributed by atoms with Gasteiger partial charge in [-0.25, -0.2) is 0 Å². The minimum Gasteiger partial charge on any atom is -0.489 e. The second-order valence-corrected chi connectivity index (χ2v) is 4.27. The molecule has 0 heterocycles. The first-order valence-corrected chi connectivity index (χ1v) is 5.89. The van der Waals surface area contributed by atoms with Gasteiger partial charge in [0.25, 0.3) is 0 Å². The van der Waals surface area contributed by atoms with Gasteiger partial charge in [-0.3, -0.25) is 0 Å². The first kappa shape index (κ1) is 13.6. The number of rotatable bonds is 7. The Morgan fingerprint density at radius 3 is 2.88 bits per heavy atom. The molecule has 1 atom stereocenters. The van der Waals surface area contributed by atoms with Gasteiger partial charge in [-0.1, -0.05) is 12.1 Å². The van der Waals surface area contributed by atoms with Gasteiger partial charge < -0.3 is 15.0 Å². The zero-order valence-electron chi connectivity index (χ0n) is 10.9. The summed E-state index contributed by atoms with van der Waals surface area (Å²) in [5.74, 6) is 0.907. The van der Waals surface area contributed by atoms with Crippen LogP contribution in [0.2, 0.25) is 0 Å². The van der Waals surface area contributed by atoms with E-state index in [1.54, 1.807) is 0 Å². The molecule has 0 fully saturated rings. The Morgan fingerprint density at radius 1 is 1.47 bits per heavy atom. The van der Waals surface area contributed by atoms with Crippen LogP contribution in [0, 0.1) is 0 Å². The van der Waals surface area contributed by atoms with Crippen LogP contribution in [0.25, 0.3) is 0 Å². The second-order valence-electron chi connectivity index (χ2n) is 4.27. The summed E-state index contributed by atoms with van der Waals surface area (Å²) < 4.78 is 5.83. The van der Waals surface area contributed by atoms with E-state index in [-0.39, 0.29) is 6.10 Å². The highest BCUT2D eigenvalue weighted by molar-refractivity contribution is 5.49.